The number of rotatable bonds is 1. The van der Waals surface area contributed by atoms with Gasteiger partial charge in [0.05, 0.1) is 0 Å². The Morgan fingerprint density at radius 1 is 1.31 bits per heavy atom. The van der Waals surface area contributed by atoms with Crippen molar-refractivity contribution in [3.05, 3.63) is 34.2 Å². The van der Waals surface area contributed by atoms with E-state index in [0.717, 1.165) is 5.92 Å². The summed E-state index contributed by atoms with van der Waals surface area (Å²) in [5.74, 6) is 0.738. The number of hydrogen-bond acceptors (Lipinski definition) is 1. The summed E-state index contributed by atoms with van der Waals surface area (Å²) in [6.45, 7) is 4.00. The zero-order valence-electron chi connectivity index (χ0n) is 8.58. The largest absolute Gasteiger partial charge is 0.318 e. The predicted molar refractivity (Wildman–Crippen MR) is 55.0 cm³/mol. The normalized spacial score (nSPS) is 14.7. The number of aromatic nitrogens is 1. The third-order valence-corrected chi connectivity index (χ3v) is 2.16. The van der Waals surface area contributed by atoms with Crippen LogP contribution in [0.4, 0.5) is 0 Å². The van der Waals surface area contributed by atoms with Crippen molar-refractivity contribution in [2.24, 2.45) is 7.05 Å². The highest BCUT2D eigenvalue weighted by Crippen LogP contribution is 2.39. The Balaban J connectivity index is 0.000000396. The van der Waals surface area contributed by atoms with E-state index in [1.54, 1.807) is 17.7 Å². The lowest BCUT2D eigenvalue weighted by Crippen LogP contribution is -2.14. The van der Waals surface area contributed by atoms with E-state index < -0.39 is 0 Å². The summed E-state index contributed by atoms with van der Waals surface area (Å²) in [5.41, 5.74) is 1.39. The molecule has 1 fully saturated rings. The van der Waals surface area contributed by atoms with Gasteiger partial charge < -0.3 is 4.57 Å². The molecule has 1 aliphatic carbocycles. The molecule has 0 radical (unpaired) electrons. The average molecular weight is 179 g/mol. The van der Waals surface area contributed by atoms with Gasteiger partial charge in [-0.1, -0.05) is 19.9 Å². The van der Waals surface area contributed by atoms with Crippen molar-refractivity contribution in [2.45, 2.75) is 32.6 Å². The Bertz CT molecular complexity index is 323. The molecule has 0 N–H and O–H groups in total. The summed E-state index contributed by atoms with van der Waals surface area (Å²) in [6, 6.07) is 3.59. The smallest absolute Gasteiger partial charge is 0.250 e. The monoisotopic (exact) mass is 179 g/mol. The van der Waals surface area contributed by atoms with E-state index in [4.69, 9.17) is 0 Å². The van der Waals surface area contributed by atoms with Crippen molar-refractivity contribution < 1.29 is 0 Å². The molecule has 0 atom stereocenters. The minimum Gasteiger partial charge on any atom is -0.318 e. The summed E-state index contributed by atoms with van der Waals surface area (Å²) in [7, 11) is 1.80. The van der Waals surface area contributed by atoms with Crippen LogP contribution in [0.1, 0.15) is 38.2 Å². The van der Waals surface area contributed by atoms with Crippen LogP contribution in [-0.4, -0.2) is 4.57 Å². The summed E-state index contributed by atoms with van der Waals surface area (Å²) < 4.78 is 1.65. The molecule has 0 aromatic carbocycles. The van der Waals surface area contributed by atoms with Crippen LogP contribution in [0.3, 0.4) is 0 Å². The van der Waals surface area contributed by atoms with Crippen LogP contribution in [0.5, 0.6) is 0 Å². The standard InChI is InChI=1S/C9H11NO.C2H6/c1-10-6-8(7-2-3-7)4-5-9(10)11;1-2/h4-7H,2-3H2,1H3;1-2H3. The lowest BCUT2D eigenvalue weighted by molar-refractivity contribution is 0.840. The van der Waals surface area contributed by atoms with Crippen LogP contribution in [0, 0.1) is 0 Å². The number of aryl methyl sites for hydroxylation is 1. The second-order valence-corrected chi connectivity index (χ2v) is 3.19. The fourth-order valence-electron chi connectivity index (χ4n) is 1.27. The lowest BCUT2D eigenvalue weighted by atomic mass is 10.2. The first-order chi connectivity index (χ1) is 6.27. The molecule has 13 heavy (non-hydrogen) atoms. The zero-order chi connectivity index (χ0) is 9.84. The highest BCUT2D eigenvalue weighted by molar-refractivity contribution is 5.19. The maximum absolute atomic E-state index is 11.0. The van der Waals surface area contributed by atoms with Crippen LogP contribution >= 0.6 is 0 Å². The van der Waals surface area contributed by atoms with Crippen molar-refractivity contribution in [1.82, 2.24) is 4.57 Å². The van der Waals surface area contributed by atoms with Crippen molar-refractivity contribution in [3.8, 4) is 0 Å². The molecule has 2 heteroatoms. The summed E-state index contributed by atoms with van der Waals surface area (Å²) in [5, 5.41) is 0. The molecule has 0 unspecified atom stereocenters. The van der Waals surface area contributed by atoms with Gasteiger partial charge in [0, 0.05) is 19.3 Å². The third-order valence-electron chi connectivity index (χ3n) is 2.16. The molecule has 72 valence electrons. The first kappa shape index (κ1) is 10.0. The molecule has 0 spiro atoms. The van der Waals surface area contributed by atoms with Gasteiger partial charge in [-0.2, -0.15) is 0 Å². The molecule has 1 aromatic heterocycles. The van der Waals surface area contributed by atoms with Gasteiger partial charge in [-0.05, 0) is 24.3 Å². The average Bonchev–Trinajstić information content (AvgIpc) is 2.96. The van der Waals surface area contributed by atoms with Crippen LogP contribution in [0.25, 0.3) is 0 Å². The SMILES string of the molecule is CC.Cn1cc(C2CC2)ccc1=O. The first-order valence-corrected chi connectivity index (χ1v) is 4.94. The van der Waals surface area contributed by atoms with Crippen molar-refractivity contribution in [1.29, 1.82) is 0 Å². The molecule has 0 amide bonds. The quantitative estimate of drug-likeness (QED) is 0.648. The van der Waals surface area contributed by atoms with E-state index in [2.05, 4.69) is 0 Å². The lowest BCUT2D eigenvalue weighted by Gasteiger charge is -1.99. The first-order valence-electron chi connectivity index (χ1n) is 4.94. The highest BCUT2D eigenvalue weighted by Gasteiger charge is 2.23. The molecular formula is C11H17NO. The van der Waals surface area contributed by atoms with E-state index in [9.17, 15) is 4.79 Å². The fourth-order valence-corrected chi connectivity index (χ4v) is 1.27. The molecule has 0 aliphatic heterocycles. The maximum Gasteiger partial charge on any atom is 0.250 e. The molecule has 0 saturated heterocycles. The zero-order valence-corrected chi connectivity index (χ0v) is 8.58. The molecular weight excluding hydrogens is 162 g/mol. The van der Waals surface area contributed by atoms with Crippen molar-refractivity contribution in [2.75, 3.05) is 0 Å². The third kappa shape index (κ3) is 2.44. The fraction of sp³-hybridized carbons (Fsp3) is 0.545. The van der Waals surface area contributed by atoms with Gasteiger partial charge in [-0.25, -0.2) is 0 Å². The Labute approximate surface area is 79.2 Å². The van der Waals surface area contributed by atoms with Crippen LogP contribution in [0.15, 0.2) is 23.1 Å². The van der Waals surface area contributed by atoms with Gasteiger partial charge in [-0.15, -0.1) is 0 Å². The van der Waals surface area contributed by atoms with Crippen LogP contribution < -0.4 is 5.56 Å². The van der Waals surface area contributed by atoms with Crippen LogP contribution in [-0.2, 0) is 7.05 Å². The van der Waals surface area contributed by atoms with Gasteiger partial charge in [-0.3, -0.25) is 4.79 Å². The Morgan fingerprint density at radius 3 is 2.38 bits per heavy atom. The van der Waals surface area contributed by atoms with Crippen LogP contribution in [0.2, 0.25) is 0 Å². The Hall–Kier alpha value is -1.05. The number of pyridine rings is 1. The van der Waals surface area contributed by atoms with E-state index in [1.165, 1.54) is 18.4 Å². The van der Waals surface area contributed by atoms with Gasteiger partial charge in [0.1, 0.15) is 0 Å². The molecule has 1 saturated carbocycles. The number of nitrogens with zero attached hydrogens (tertiary/aromatic N) is 1. The summed E-state index contributed by atoms with van der Waals surface area (Å²) in [6.07, 6.45) is 4.52. The van der Waals surface area contributed by atoms with E-state index in [1.807, 2.05) is 26.1 Å². The second-order valence-electron chi connectivity index (χ2n) is 3.19. The number of hydrogen-bond donors (Lipinski definition) is 0. The minimum atomic E-state index is 0.0781. The van der Waals surface area contributed by atoms with Gasteiger partial charge in [0.15, 0.2) is 0 Å². The maximum atomic E-state index is 11.0. The van der Waals surface area contributed by atoms with E-state index >= 15 is 0 Å². The molecule has 1 heterocycles. The Kier molecular flexibility index (Phi) is 3.29. The van der Waals surface area contributed by atoms with Gasteiger partial charge >= 0.3 is 0 Å². The topological polar surface area (TPSA) is 22.0 Å². The Morgan fingerprint density at radius 2 is 1.92 bits per heavy atom. The summed E-state index contributed by atoms with van der Waals surface area (Å²) >= 11 is 0. The molecule has 1 aliphatic rings. The highest BCUT2D eigenvalue weighted by atomic mass is 16.1. The van der Waals surface area contributed by atoms with Crippen molar-refractivity contribution in [3.63, 3.8) is 0 Å². The summed E-state index contributed by atoms with van der Waals surface area (Å²) in [4.78, 5) is 11.0. The molecule has 1 aromatic rings. The molecule has 2 rings (SSSR count). The molecule has 2 nitrogen and oxygen atoms in total. The second kappa shape index (κ2) is 4.26. The van der Waals surface area contributed by atoms with Crippen molar-refractivity contribution >= 4 is 0 Å². The van der Waals surface area contributed by atoms with E-state index in [0.29, 0.717) is 0 Å². The van der Waals surface area contributed by atoms with Gasteiger partial charge in [0.2, 0.25) is 5.56 Å². The predicted octanol–water partition coefficient (Wildman–Crippen LogP) is 2.29. The minimum absolute atomic E-state index is 0.0781. The van der Waals surface area contributed by atoms with Gasteiger partial charge in [0.25, 0.3) is 0 Å². The van der Waals surface area contributed by atoms with E-state index in [-0.39, 0.29) is 5.56 Å². The molecule has 0 bridgehead atoms.